The summed E-state index contributed by atoms with van der Waals surface area (Å²) in [6.07, 6.45) is 0. The first kappa shape index (κ1) is 15.3. The fourth-order valence-electron chi connectivity index (χ4n) is 1.42. The summed E-state index contributed by atoms with van der Waals surface area (Å²) in [4.78, 5) is 39.7. The number of carboxylic acids is 1. The van der Waals surface area contributed by atoms with Crippen molar-refractivity contribution in [2.45, 2.75) is 5.25 Å². The molecule has 0 saturated heterocycles. The largest absolute Gasteiger partial charge is 0.480 e. The lowest BCUT2D eigenvalue weighted by molar-refractivity contribution is -0.404. The molecule has 0 amide bonds. The smallest absolute Gasteiger partial charge is 0.321 e. The van der Waals surface area contributed by atoms with Crippen LogP contribution in [-0.2, 0) is 4.79 Å². The maximum Gasteiger partial charge on any atom is 0.321 e. The molecule has 1 rings (SSSR count). The van der Waals surface area contributed by atoms with E-state index in [-0.39, 0.29) is 0 Å². The van der Waals surface area contributed by atoms with Gasteiger partial charge in [0.1, 0.15) is 10.8 Å². The number of hydrogen-bond acceptors (Lipinski definition) is 8. The van der Waals surface area contributed by atoms with Crippen LogP contribution >= 0.6 is 12.6 Å². The summed E-state index contributed by atoms with van der Waals surface area (Å²) in [5.74, 6) is -1.66. The topological polar surface area (TPSA) is 167 Å². The van der Waals surface area contributed by atoms with Crippen LogP contribution in [-0.4, -0.2) is 25.8 Å². The zero-order valence-electron chi connectivity index (χ0n) is 9.33. The molecule has 0 aliphatic heterocycles. The van der Waals surface area contributed by atoms with Gasteiger partial charge in [-0.25, -0.2) is 0 Å². The van der Waals surface area contributed by atoms with Gasteiger partial charge in [0.25, 0.3) is 17.1 Å². The second-order valence-corrected chi connectivity index (χ2v) is 3.93. The normalized spacial score (nSPS) is 11.7. The maximum absolute atomic E-state index is 10.8. The van der Waals surface area contributed by atoms with Crippen LogP contribution in [0.1, 0.15) is 10.8 Å². The summed E-state index contributed by atoms with van der Waals surface area (Å²) in [7, 11) is 0. The van der Waals surface area contributed by atoms with Crippen LogP contribution in [0.3, 0.4) is 0 Å². The molecule has 0 spiro atoms. The summed E-state index contributed by atoms with van der Waals surface area (Å²) >= 11 is 3.55. The van der Waals surface area contributed by atoms with E-state index in [4.69, 9.17) is 5.11 Å². The van der Waals surface area contributed by atoms with Crippen molar-refractivity contribution < 1.29 is 24.7 Å². The molecular weight excluding hydrogens is 298 g/mol. The fourth-order valence-corrected chi connectivity index (χ4v) is 1.68. The van der Waals surface area contributed by atoms with E-state index in [9.17, 15) is 35.1 Å². The van der Waals surface area contributed by atoms with Gasteiger partial charge in [-0.1, -0.05) is 0 Å². The highest BCUT2D eigenvalue weighted by molar-refractivity contribution is 7.81. The molecule has 0 bridgehead atoms. The number of carbonyl (C=O) groups is 1. The van der Waals surface area contributed by atoms with Gasteiger partial charge in [-0.15, -0.1) is 0 Å². The zero-order chi connectivity index (χ0) is 15.6. The number of nitrogens with zero attached hydrogens (tertiary/aromatic N) is 3. The Morgan fingerprint density at radius 2 is 1.45 bits per heavy atom. The SMILES string of the molecule is O=C(O)C(S)c1c([N+](=O)[O-])cc([N+](=O)[O-])cc1[N+](=O)[O-]. The van der Waals surface area contributed by atoms with Crippen LogP contribution in [0.25, 0.3) is 0 Å². The molecule has 0 aromatic heterocycles. The molecule has 0 aliphatic rings. The molecule has 1 aromatic rings. The minimum Gasteiger partial charge on any atom is -0.480 e. The van der Waals surface area contributed by atoms with Gasteiger partial charge < -0.3 is 5.11 Å². The van der Waals surface area contributed by atoms with Crippen LogP contribution < -0.4 is 0 Å². The Balaban J connectivity index is 3.77. The lowest BCUT2D eigenvalue weighted by atomic mass is 10.1. The van der Waals surface area contributed by atoms with Gasteiger partial charge >= 0.3 is 5.97 Å². The quantitative estimate of drug-likeness (QED) is 0.468. The number of thiol groups is 1. The van der Waals surface area contributed by atoms with Crippen LogP contribution in [0.4, 0.5) is 17.1 Å². The lowest BCUT2D eigenvalue weighted by Crippen LogP contribution is -2.11. The fraction of sp³-hybridized carbons (Fsp3) is 0.125. The molecule has 12 heteroatoms. The molecule has 1 N–H and O–H groups in total. The second kappa shape index (κ2) is 5.48. The van der Waals surface area contributed by atoms with Crippen molar-refractivity contribution in [3.05, 3.63) is 48.0 Å². The Morgan fingerprint density at radius 3 is 1.70 bits per heavy atom. The number of nitro benzene ring substituents is 3. The number of non-ortho nitro benzene ring substituents is 1. The maximum atomic E-state index is 10.8. The molecule has 0 heterocycles. The Kier molecular flexibility index (Phi) is 4.19. The number of benzene rings is 1. The van der Waals surface area contributed by atoms with Crippen molar-refractivity contribution in [1.29, 1.82) is 0 Å². The monoisotopic (exact) mass is 303 g/mol. The van der Waals surface area contributed by atoms with E-state index >= 15 is 0 Å². The Hall–Kier alpha value is -2.76. The average molecular weight is 303 g/mol. The van der Waals surface area contributed by atoms with Crippen molar-refractivity contribution in [2.24, 2.45) is 0 Å². The molecule has 0 saturated carbocycles. The molecule has 1 unspecified atom stereocenters. The van der Waals surface area contributed by atoms with Crippen LogP contribution in [0.2, 0.25) is 0 Å². The highest BCUT2D eigenvalue weighted by Crippen LogP contribution is 2.40. The summed E-state index contributed by atoms with van der Waals surface area (Å²) in [5.41, 5.74) is -3.80. The van der Waals surface area contributed by atoms with Gasteiger partial charge in [-0.05, 0) is 0 Å². The van der Waals surface area contributed by atoms with E-state index in [1.807, 2.05) is 0 Å². The molecular formula is C8H5N3O8S. The molecule has 0 radical (unpaired) electrons. The van der Waals surface area contributed by atoms with E-state index in [0.717, 1.165) is 0 Å². The summed E-state index contributed by atoms with van der Waals surface area (Å²) in [5, 5.41) is 39.2. The number of aliphatic carboxylic acids is 1. The summed E-state index contributed by atoms with van der Waals surface area (Å²) in [6.45, 7) is 0. The molecule has 11 nitrogen and oxygen atoms in total. The predicted molar refractivity (Wildman–Crippen MR) is 65.8 cm³/mol. The summed E-state index contributed by atoms with van der Waals surface area (Å²) in [6, 6.07) is 0.906. The Labute approximate surface area is 114 Å². The van der Waals surface area contributed by atoms with Crippen molar-refractivity contribution in [3.8, 4) is 0 Å². The van der Waals surface area contributed by atoms with E-state index in [1.165, 1.54) is 0 Å². The first-order valence-corrected chi connectivity index (χ1v) is 5.20. The number of hydrogen-bond donors (Lipinski definition) is 2. The van der Waals surface area contributed by atoms with Gasteiger partial charge in [0.15, 0.2) is 0 Å². The Morgan fingerprint density at radius 1 is 1.05 bits per heavy atom. The van der Waals surface area contributed by atoms with Crippen LogP contribution in [0.5, 0.6) is 0 Å². The predicted octanol–water partition coefficient (Wildman–Crippen LogP) is 1.47. The van der Waals surface area contributed by atoms with Gasteiger partial charge in [0.2, 0.25) is 0 Å². The van der Waals surface area contributed by atoms with E-state index in [2.05, 4.69) is 12.6 Å². The highest BCUT2D eigenvalue weighted by Gasteiger charge is 2.36. The highest BCUT2D eigenvalue weighted by atomic mass is 32.1. The third kappa shape index (κ3) is 2.80. The van der Waals surface area contributed by atoms with Crippen molar-refractivity contribution >= 4 is 35.7 Å². The van der Waals surface area contributed by atoms with E-state index < -0.39 is 48.6 Å². The summed E-state index contributed by atoms with van der Waals surface area (Å²) < 4.78 is 0. The third-order valence-corrected chi connectivity index (χ3v) is 2.71. The third-order valence-electron chi connectivity index (χ3n) is 2.23. The minimum absolute atomic E-state index is 0.453. The zero-order valence-corrected chi connectivity index (χ0v) is 10.2. The second-order valence-electron chi connectivity index (χ2n) is 3.41. The average Bonchev–Trinajstić information content (AvgIpc) is 2.35. The molecule has 20 heavy (non-hydrogen) atoms. The number of carboxylic acid groups (broad SMARTS) is 1. The standard InChI is InChI=1S/C8H5N3O8S/c12-8(13)7(20)6-4(10(16)17)1-3(9(14)15)2-5(6)11(18)19/h1-2,7,20H,(H,12,13). The molecule has 0 fully saturated rings. The van der Waals surface area contributed by atoms with Gasteiger partial charge in [-0.3, -0.25) is 35.1 Å². The van der Waals surface area contributed by atoms with Crippen LogP contribution in [0.15, 0.2) is 12.1 Å². The van der Waals surface area contributed by atoms with Crippen LogP contribution in [0, 0.1) is 30.3 Å². The van der Waals surface area contributed by atoms with E-state index in [1.54, 1.807) is 0 Å². The lowest BCUT2D eigenvalue weighted by Gasteiger charge is -2.07. The first-order chi connectivity index (χ1) is 9.16. The Bertz CT molecular complexity index is 595. The van der Waals surface area contributed by atoms with Crippen molar-refractivity contribution in [2.75, 3.05) is 0 Å². The molecule has 106 valence electrons. The first-order valence-electron chi connectivity index (χ1n) is 4.68. The van der Waals surface area contributed by atoms with Gasteiger partial charge in [-0.2, -0.15) is 12.6 Å². The van der Waals surface area contributed by atoms with Crippen molar-refractivity contribution in [1.82, 2.24) is 0 Å². The number of nitro groups is 3. The molecule has 1 atom stereocenters. The minimum atomic E-state index is -1.86. The van der Waals surface area contributed by atoms with Gasteiger partial charge in [0.05, 0.1) is 26.9 Å². The van der Waals surface area contributed by atoms with E-state index in [0.29, 0.717) is 12.1 Å². The van der Waals surface area contributed by atoms with Crippen molar-refractivity contribution in [3.63, 3.8) is 0 Å². The number of rotatable bonds is 5. The molecule has 0 aliphatic carbocycles. The van der Waals surface area contributed by atoms with Gasteiger partial charge in [0, 0.05) is 0 Å². The molecule has 1 aromatic carbocycles.